The SMILES string of the molecule is CC[C@H](Cc1ccc(F)cc1)[C@@H](Oc1ccccc1)[C@H](C)OC(=O)[C@H](C)NC(=O)c1nccc(OC)c1OC(C)=O. The van der Waals surface area contributed by atoms with Crippen LogP contribution in [0.2, 0.25) is 0 Å². The summed E-state index contributed by atoms with van der Waals surface area (Å²) < 4.78 is 35.9. The Balaban J connectivity index is 1.76. The summed E-state index contributed by atoms with van der Waals surface area (Å²) in [6, 6.07) is 15.8. The number of hydrogen-bond donors (Lipinski definition) is 1. The van der Waals surface area contributed by atoms with Gasteiger partial charge in [0.2, 0.25) is 5.75 Å². The summed E-state index contributed by atoms with van der Waals surface area (Å²) in [6.45, 7) is 6.40. The van der Waals surface area contributed by atoms with Crippen LogP contribution in [0.3, 0.4) is 0 Å². The van der Waals surface area contributed by atoms with Crippen LogP contribution in [0.5, 0.6) is 17.2 Å². The zero-order valence-electron chi connectivity index (χ0n) is 23.8. The Morgan fingerprint density at radius 2 is 1.68 bits per heavy atom. The molecule has 1 amide bonds. The molecule has 3 aromatic rings. The molecular weight excluding hydrogens is 531 g/mol. The third-order valence-corrected chi connectivity index (χ3v) is 6.43. The molecule has 41 heavy (non-hydrogen) atoms. The van der Waals surface area contributed by atoms with Crippen LogP contribution in [-0.4, -0.2) is 48.2 Å². The van der Waals surface area contributed by atoms with Gasteiger partial charge in [-0.05, 0) is 56.5 Å². The van der Waals surface area contributed by atoms with Gasteiger partial charge in [0, 0.05) is 25.1 Å². The number of para-hydroxylation sites is 1. The van der Waals surface area contributed by atoms with E-state index in [2.05, 4.69) is 10.3 Å². The molecule has 0 bridgehead atoms. The molecule has 1 aromatic heterocycles. The number of pyridine rings is 1. The van der Waals surface area contributed by atoms with Crippen molar-refractivity contribution >= 4 is 17.8 Å². The fourth-order valence-electron chi connectivity index (χ4n) is 4.32. The first-order valence-electron chi connectivity index (χ1n) is 13.3. The highest BCUT2D eigenvalue weighted by molar-refractivity contribution is 5.98. The Morgan fingerprint density at radius 3 is 2.29 bits per heavy atom. The van der Waals surface area contributed by atoms with Gasteiger partial charge in [-0.25, -0.2) is 14.2 Å². The minimum Gasteiger partial charge on any atom is -0.493 e. The molecule has 2 aromatic carbocycles. The third-order valence-electron chi connectivity index (χ3n) is 6.43. The maximum Gasteiger partial charge on any atom is 0.328 e. The van der Waals surface area contributed by atoms with Crippen molar-refractivity contribution < 1.29 is 37.7 Å². The molecule has 3 rings (SSSR count). The largest absolute Gasteiger partial charge is 0.493 e. The van der Waals surface area contributed by atoms with Crippen LogP contribution in [-0.2, 0) is 20.7 Å². The predicted octanol–water partition coefficient (Wildman–Crippen LogP) is 4.92. The second-order valence-electron chi connectivity index (χ2n) is 9.52. The summed E-state index contributed by atoms with van der Waals surface area (Å²) in [4.78, 5) is 41.7. The van der Waals surface area contributed by atoms with Gasteiger partial charge in [-0.15, -0.1) is 0 Å². The van der Waals surface area contributed by atoms with E-state index in [0.717, 1.165) is 5.56 Å². The molecule has 1 N–H and O–H groups in total. The first-order valence-corrected chi connectivity index (χ1v) is 13.3. The number of ether oxygens (including phenoxy) is 4. The minimum absolute atomic E-state index is 0.0827. The first kappa shape index (κ1) is 31.1. The average molecular weight is 567 g/mol. The van der Waals surface area contributed by atoms with Gasteiger partial charge in [-0.3, -0.25) is 9.59 Å². The number of hydrogen-bond acceptors (Lipinski definition) is 8. The van der Waals surface area contributed by atoms with Crippen LogP contribution in [0.4, 0.5) is 4.39 Å². The molecule has 218 valence electrons. The summed E-state index contributed by atoms with van der Waals surface area (Å²) in [6.07, 6.45) is 1.34. The van der Waals surface area contributed by atoms with Crippen molar-refractivity contribution in [2.75, 3.05) is 7.11 Å². The van der Waals surface area contributed by atoms with Crippen molar-refractivity contribution in [3.05, 3.63) is 83.9 Å². The second-order valence-corrected chi connectivity index (χ2v) is 9.52. The van der Waals surface area contributed by atoms with Gasteiger partial charge in [0.1, 0.15) is 29.8 Å². The summed E-state index contributed by atoms with van der Waals surface area (Å²) in [5, 5.41) is 2.54. The lowest BCUT2D eigenvalue weighted by Gasteiger charge is -2.32. The molecule has 4 atom stereocenters. The highest BCUT2D eigenvalue weighted by atomic mass is 19.1. The van der Waals surface area contributed by atoms with E-state index in [-0.39, 0.29) is 28.9 Å². The summed E-state index contributed by atoms with van der Waals surface area (Å²) >= 11 is 0. The van der Waals surface area contributed by atoms with E-state index in [1.807, 2.05) is 37.3 Å². The molecule has 0 aliphatic rings. The maximum absolute atomic E-state index is 13.5. The monoisotopic (exact) mass is 566 g/mol. The Bertz CT molecular complexity index is 1320. The van der Waals surface area contributed by atoms with Gasteiger partial charge in [-0.2, -0.15) is 0 Å². The topological polar surface area (TPSA) is 113 Å². The number of esters is 2. The third kappa shape index (κ3) is 8.76. The highest BCUT2D eigenvalue weighted by Gasteiger charge is 2.33. The second kappa shape index (κ2) is 14.8. The molecule has 10 heteroatoms. The van der Waals surface area contributed by atoms with Gasteiger partial charge >= 0.3 is 11.9 Å². The van der Waals surface area contributed by atoms with Crippen molar-refractivity contribution in [3.63, 3.8) is 0 Å². The number of aromatic nitrogens is 1. The number of amides is 1. The lowest BCUT2D eigenvalue weighted by Crippen LogP contribution is -2.45. The smallest absolute Gasteiger partial charge is 0.328 e. The Kier molecular flexibility index (Phi) is 11.2. The van der Waals surface area contributed by atoms with E-state index in [4.69, 9.17) is 18.9 Å². The fourth-order valence-corrected chi connectivity index (χ4v) is 4.32. The predicted molar refractivity (Wildman–Crippen MR) is 149 cm³/mol. The normalized spacial score (nSPS) is 13.7. The van der Waals surface area contributed by atoms with E-state index in [0.29, 0.717) is 18.6 Å². The molecule has 0 aliphatic carbocycles. The minimum atomic E-state index is -1.07. The average Bonchev–Trinajstić information content (AvgIpc) is 2.96. The van der Waals surface area contributed by atoms with Crippen LogP contribution < -0.4 is 19.5 Å². The van der Waals surface area contributed by atoms with Gasteiger partial charge in [0.25, 0.3) is 5.91 Å². The number of halogens is 1. The number of methoxy groups -OCH3 is 1. The number of benzene rings is 2. The van der Waals surface area contributed by atoms with Gasteiger partial charge in [0.05, 0.1) is 7.11 Å². The quantitative estimate of drug-likeness (QED) is 0.290. The van der Waals surface area contributed by atoms with E-state index >= 15 is 0 Å². The van der Waals surface area contributed by atoms with E-state index in [9.17, 15) is 18.8 Å². The molecule has 0 saturated heterocycles. The molecule has 0 radical (unpaired) electrons. The van der Waals surface area contributed by atoms with Gasteiger partial charge < -0.3 is 24.3 Å². The highest BCUT2D eigenvalue weighted by Crippen LogP contribution is 2.30. The van der Waals surface area contributed by atoms with E-state index < -0.39 is 36.1 Å². The molecule has 0 unspecified atom stereocenters. The zero-order chi connectivity index (χ0) is 29.9. The number of carbonyl (C=O) groups excluding carboxylic acids is 3. The molecule has 0 saturated carbocycles. The Morgan fingerprint density at radius 1 is 1.00 bits per heavy atom. The van der Waals surface area contributed by atoms with E-state index in [1.54, 1.807) is 19.1 Å². The first-order chi connectivity index (χ1) is 19.6. The molecule has 9 nitrogen and oxygen atoms in total. The summed E-state index contributed by atoms with van der Waals surface area (Å²) in [5.41, 5.74) is 0.705. The summed E-state index contributed by atoms with van der Waals surface area (Å²) in [7, 11) is 1.36. The van der Waals surface area contributed by atoms with E-state index in [1.165, 1.54) is 45.4 Å². The molecule has 0 aliphatic heterocycles. The van der Waals surface area contributed by atoms with Crippen LogP contribution in [0, 0.1) is 11.7 Å². The van der Waals surface area contributed by atoms with Crippen LogP contribution >= 0.6 is 0 Å². The summed E-state index contributed by atoms with van der Waals surface area (Å²) in [5.74, 6) is -1.92. The number of rotatable bonds is 13. The van der Waals surface area contributed by atoms with Crippen molar-refractivity contribution in [1.82, 2.24) is 10.3 Å². The van der Waals surface area contributed by atoms with Crippen LogP contribution in [0.1, 0.15) is 50.2 Å². The Hall–Kier alpha value is -4.47. The van der Waals surface area contributed by atoms with Crippen molar-refractivity contribution in [2.24, 2.45) is 5.92 Å². The fraction of sp³-hybridized carbons (Fsp3) is 0.355. The zero-order valence-corrected chi connectivity index (χ0v) is 23.8. The van der Waals surface area contributed by atoms with Crippen molar-refractivity contribution in [1.29, 1.82) is 0 Å². The standard InChI is InChI=1S/C31H35FN2O7/c1-6-23(18-22-12-14-24(32)15-13-22)28(41-25-10-8-7-9-11-25)20(3)39-31(37)19(2)34-30(36)27-29(40-21(4)35)26(38-5)16-17-33-27/h7-17,19-20,23,28H,6,18H2,1-5H3,(H,34,36)/t19-,20-,23+,28-/m0/s1. The number of nitrogens with zero attached hydrogens (tertiary/aromatic N) is 1. The van der Waals surface area contributed by atoms with Gasteiger partial charge in [0.15, 0.2) is 11.4 Å². The van der Waals surface area contributed by atoms with Crippen LogP contribution in [0.15, 0.2) is 66.9 Å². The lowest BCUT2D eigenvalue weighted by atomic mass is 9.89. The van der Waals surface area contributed by atoms with Crippen molar-refractivity contribution in [3.8, 4) is 17.2 Å². The number of nitrogens with one attached hydrogen (secondary N) is 1. The van der Waals surface area contributed by atoms with Gasteiger partial charge in [-0.1, -0.05) is 37.3 Å². The maximum atomic E-state index is 13.5. The molecule has 1 heterocycles. The Labute approximate surface area is 239 Å². The molecule has 0 spiro atoms. The molecular formula is C31H35FN2O7. The van der Waals surface area contributed by atoms with Crippen molar-refractivity contribution in [2.45, 2.75) is 58.8 Å². The molecule has 0 fully saturated rings. The number of carbonyl (C=O) groups is 3. The van der Waals surface area contributed by atoms with Crippen LogP contribution in [0.25, 0.3) is 0 Å². The lowest BCUT2D eigenvalue weighted by molar-refractivity contribution is -0.156.